The number of hydrogen-bond donors (Lipinski definition) is 0. The average molecular weight is 436 g/mol. The number of hydrogen-bond acceptors (Lipinski definition) is 6. The molecule has 0 bridgehead atoms. The molecule has 0 aromatic heterocycles. The molecule has 0 N–H and O–H groups in total. The number of aryl methyl sites for hydroxylation is 1. The maximum absolute atomic E-state index is 13.1. The van der Waals surface area contributed by atoms with Crippen LogP contribution in [0.15, 0.2) is 41.8 Å². The van der Waals surface area contributed by atoms with Crippen molar-refractivity contribution < 1.29 is 22.6 Å². The van der Waals surface area contributed by atoms with Crippen LogP contribution in [0.3, 0.4) is 0 Å². The predicted molar refractivity (Wildman–Crippen MR) is 117 cm³/mol. The van der Waals surface area contributed by atoms with Crippen molar-refractivity contribution in [3.05, 3.63) is 58.5 Å². The summed E-state index contributed by atoms with van der Waals surface area (Å²) in [7, 11) is 1.03. The van der Waals surface area contributed by atoms with Gasteiger partial charge in [0.15, 0.2) is 11.5 Å². The van der Waals surface area contributed by atoms with Gasteiger partial charge in [-0.15, -0.1) is 11.8 Å². The zero-order chi connectivity index (χ0) is 21.0. The highest BCUT2D eigenvalue weighted by Crippen LogP contribution is 2.47. The molecule has 1 unspecified atom stereocenters. The number of nitrogens with zero attached hydrogens (tertiary/aromatic N) is 1. The Morgan fingerprint density at radius 1 is 1.00 bits per heavy atom. The van der Waals surface area contributed by atoms with Crippen LogP contribution in [-0.4, -0.2) is 46.4 Å². The molecule has 156 valence electrons. The molecule has 3 rings (SSSR count). The molecule has 1 aliphatic heterocycles. The Balaban J connectivity index is 1.94. The van der Waals surface area contributed by atoms with Crippen LogP contribution < -0.4 is 14.2 Å². The quantitative estimate of drug-likeness (QED) is 0.653. The second-order valence-electron chi connectivity index (χ2n) is 6.54. The summed E-state index contributed by atoms with van der Waals surface area (Å²) in [6.07, 6.45) is 1.63. The van der Waals surface area contributed by atoms with Crippen molar-refractivity contribution in [2.24, 2.45) is 0 Å². The Bertz CT molecular complexity index is 987. The number of ether oxygens (including phenoxy) is 3. The van der Waals surface area contributed by atoms with Gasteiger partial charge in [0.1, 0.15) is 5.75 Å². The highest BCUT2D eigenvalue weighted by atomic mass is 32.2. The summed E-state index contributed by atoms with van der Waals surface area (Å²) < 4.78 is 43.9. The third-order valence-electron chi connectivity index (χ3n) is 4.69. The standard InChI is InChI=1S/C21H25NO5S2/c1-15-5-7-16(8-6-15)9-12-29(23,24)22-10-11-28-21(22)17-13-19(26-3)20(27-4)14-18(17)25-2/h5-9,12-14,21H,10-11H2,1-4H3/b12-9+. The zero-order valence-electron chi connectivity index (χ0n) is 16.9. The third kappa shape index (κ3) is 4.71. The van der Waals surface area contributed by atoms with Gasteiger partial charge in [-0.3, -0.25) is 0 Å². The molecule has 0 radical (unpaired) electrons. The average Bonchev–Trinajstić information content (AvgIpc) is 3.23. The number of sulfonamides is 1. The molecule has 1 saturated heterocycles. The number of rotatable bonds is 7. The largest absolute Gasteiger partial charge is 0.496 e. The van der Waals surface area contributed by atoms with E-state index in [1.807, 2.05) is 31.2 Å². The smallest absolute Gasteiger partial charge is 0.237 e. The van der Waals surface area contributed by atoms with E-state index in [9.17, 15) is 8.42 Å². The van der Waals surface area contributed by atoms with E-state index in [-0.39, 0.29) is 0 Å². The second-order valence-corrected chi connectivity index (χ2v) is 9.50. The minimum atomic E-state index is -3.62. The summed E-state index contributed by atoms with van der Waals surface area (Å²) >= 11 is 1.55. The summed E-state index contributed by atoms with van der Waals surface area (Å²) in [6.45, 7) is 2.42. The maximum atomic E-state index is 13.1. The molecule has 1 atom stereocenters. The van der Waals surface area contributed by atoms with Gasteiger partial charge in [-0.2, -0.15) is 4.31 Å². The van der Waals surface area contributed by atoms with E-state index in [1.54, 1.807) is 51.3 Å². The predicted octanol–water partition coefficient (Wildman–Crippen LogP) is 4.07. The van der Waals surface area contributed by atoms with Crippen LogP contribution in [0.5, 0.6) is 17.2 Å². The Morgan fingerprint density at radius 2 is 1.62 bits per heavy atom. The van der Waals surface area contributed by atoms with Gasteiger partial charge in [-0.25, -0.2) is 8.42 Å². The van der Waals surface area contributed by atoms with Gasteiger partial charge in [0.05, 0.1) is 26.7 Å². The summed E-state index contributed by atoms with van der Waals surface area (Å²) in [4.78, 5) is 0. The van der Waals surface area contributed by atoms with E-state index in [2.05, 4.69) is 0 Å². The lowest BCUT2D eigenvalue weighted by Gasteiger charge is -2.24. The zero-order valence-corrected chi connectivity index (χ0v) is 18.5. The first-order chi connectivity index (χ1) is 13.9. The SMILES string of the molecule is COc1cc(OC)c(C2SCCN2S(=O)(=O)/C=C/c2ccc(C)cc2)cc1OC. The van der Waals surface area contributed by atoms with Crippen molar-refractivity contribution in [1.29, 1.82) is 0 Å². The van der Waals surface area contributed by atoms with E-state index in [4.69, 9.17) is 14.2 Å². The van der Waals surface area contributed by atoms with Gasteiger partial charge < -0.3 is 14.2 Å². The highest BCUT2D eigenvalue weighted by molar-refractivity contribution is 8.01. The normalized spacial score (nSPS) is 17.6. The van der Waals surface area contributed by atoms with Gasteiger partial charge in [-0.05, 0) is 24.6 Å². The van der Waals surface area contributed by atoms with Gasteiger partial charge in [0, 0.05) is 29.3 Å². The monoisotopic (exact) mass is 435 g/mol. The second kappa shape index (κ2) is 9.11. The van der Waals surface area contributed by atoms with Crippen LogP contribution in [-0.2, 0) is 10.0 Å². The molecule has 0 saturated carbocycles. The molecule has 1 fully saturated rings. The Labute approximate surface area is 176 Å². The third-order valence-corrected chi connectivity index (χ3v) is 7.59. The first-order valence-electron chi connectivity index (χ1n) is 9.07. The summed E-state index contributed by atoms with van der Waals surface area (Å²) in [5.74, 6) is 2.32. The lowest BCUT2D eigenvalue weighted by molar-refractivity contribution is 0.344. The first-order valence-corrected chi connectivity index (χ1v) is 11.6. The van der Waals surface area contributed by atoms with Gasteiger partial charge in [0.25, 0.3) is 0 Å². The number of methoxy groups -OCH3 is 3. The minimum Gasteiger partial charge on any atom is -0.496 e. The molecule has 29 heavy (non-hydrogen) atoms. The number of benzene rings is 2. The minimum absolute atomic E-state index is 0.405. The molecule has 0 amide bonds. The molecule has 2 aromatic carbocycles. The van der Waals surface area contributed by atoms with Crippen molar-refractivity contribution in [1.82, 2.24) is 4.31 Å². The van der Waals surface area contributed by atoms with E-state index >= 15 is 0 Å². The van der Waals surface area contributed by atoms with Crippen LogP contribution >= 0.6 is 11.8 Å². The van der Waals surface area contributed by atoms with Crippen LogP contribution in [0, 0.1) is 6.92 Å². The summed E-state index contributed by atoms with van der Waals surface area (Å²) in [5, 5.41) is 0.862. The molecule has 2 aromatic rings. The van der Waals surface area contributed by atoms with Crippen molar-refractivity contribution in [3.63, 3.8) is 0 Å². The van der Waals surface area contributed by atoms with Crippen molar-refractivity contribution >= 4 is 27.9 Å². The van der Waals surface area contributed by atoms with Gasteiger partial charge in [0.2, 0.25) is 10.0 Å². The van der Waals surface area contributed by atoms with Gasteiger partial charge >= 0.3 is 0 Å². The Kier molecular flexibility index (Phi) is 6.77. The van der Waals surface area contributed by atoms with Gasteiger partial charge in [-0.1, -0.05) is 29.8 Å². The fourth-order valence-electron chi connectivity index (χ4n) is 3.13. The Morgan fingerprint density at radius 3 is 2.24 bits per heavy atom. The van der Waals surface area contributed by atoms with E-state index in [1.165, 1.54) is 9.71 Å². The van der Waals surface area contributed by atoms with Crippen LogP contribution in [0.4, 0.5) is 0 Å². The van der Waals surface area contributed by atoms with Crippen LogP contribution in [0.2, 0.25) is 0 Å². The van der Waals surface area contributed by atoms with E-state index in [0.717, 1.165) is 16.7 Å². The molecule has 1 heterocycles. The van der Waals surface area contributed by atoms with E-state index < -0.39 is 15.4 Å². The van der Waals surface area contributed by atoms with Crippen LogP contribution in [0.1, 0.15) is 22.1 Å². The summed E-state index contributed by atoms with van der Waals surface area (Å²) in [5.41, 5.74) is 2.70. The van der Waals surface area contributed by atoms with Crippen molar-refractivity contribution in [3.8, 4) is 17.2 Å². The fraction of sp³-hybridized carbons (Fsp3) is 0.333. The van der Waals surface area contributed by atoms with E-state index in [0.29, 0.717) is 29.5 Å². The first kappa shape index (κ1) is 21.5. The fourth-order valence-corrected chi connectivity index (χ4v) is 6.16. The Hall–Kier alpha value is -2.16. The highest BCUT2D eigenvalue weighted by Gasteiger charge is 2.36. The van der Waals surface area contributed by atoms with Crippen LogP contribution in [0.25, 0.3) is 6.08 Å². The lowest BCUT2D eigenvalue weighted by Crippen LogP contribution is -2.29. The lowest BCUT2D eigenvalue weighted by atomic mass is 10.1. The number of thioether (sulfide) groups is 1. The van der Waals surface area contributed by atoms with Crippen molar-refractivity contribution in [2.45, 2.75) is 12.3 Å². The topological polar surface area (TPSA) is 65.1 Å². The molecule has 0 aliphatic carbocycles. The maximum Gasteiger partial charge on any atom is 0.237 e. The molecular formula is C21H25NO5S2. The summed E-state index contributed by atoms with van der Waals surface area (Å²) in [6, 6.07) is 11.2. The molecule has 6 nitrogen and oxygen atoms in total. The molecule has 8 heteroatoms. The molecular weight excluding hydrogens is 410 g/mol. The van der Waals surface area contributed by atoms with Crippen molar-refractivity contribution in [2.75, 3.05) is 33.6 Å². The molecule has 1 aliphatic rings. The molecule has 0 spiro atoms.